The third-order valence-electron chi connectivity index (χ3n) is 4.87. The summed E-state index contributed by atoms with van der Waals surface area (Å²) in [7, 11) is 0. The van der Waals surface area contributed by atoms with Crippen LogP contribution in [-0.4, -0.2) is 16.8 Å². The van der Waals surface area contributed by atoms with Gasteiger partial charge < -0.3 is 5.32 Å². The third-order valence-corrected chi connectivity index (χ3v) is 4.87. The van der Waals surface area contributed by atoms with Gasteiger partial charge in [-0.1, -0.05) is 42.5 Å². The number of carbonyl (C=O) groups excluding carboxylic acids is 1. The number of amides is 2. The van der Waals surface area contributed by atoms with E-state index < -0.39 is 0 Å². The van der Waals surface area contributed by atoms with Crippen LogP contribution in [-0.2, 0) is 0 Å². The van der Waals surface area contributed by atoms with Gasteiger partial charge in [0.2, 0.25) is 0 Å². The zero-order chi connectivity index (χ0) is 16.5. The Morgan fingerprint density at radius 3 is 2.33 bits per heavy atom. The van der Waals surface area contributed by atoms with Crippen molar-refractivity contribution in [2.75, 3.05) is 5.32 Å². The second kappa shape index (κ2) is 6.11. The highest BCUT2D eigenvalue weighted by atomic mass is 16.2. The van der Waals surface area contributed by atoms with Gasteiger partial charge in [-0.25, -0.2) is 4.79 Å². The minimum absolute atomic E-state index is 0.0514. The monoisotopic (exact) mass is 319 g/mol. The van der Waals surface area contributed by atoms with E-state index in [9.17, 15) is 4.79 Å². The summed E-state index contributed by atoms with van der Waals surface area (Å²) in [5, 5.41) is 11.1. The van der Waals surface area contributed by atoms with Crippen molar-refractivity contribution in [2.45, 2.75) is 37.6 Å². The maximum absolute atomic E-state index is 12.7. The average molecular weight is 319 g/mol. The van der Waals surface area contributed by atoms with Crippen molar-refractivity contribution < 1.29 is 4.79 Å². The van der Waals surface area contributed by atoms with Crippen molar-refractivity contribution in [3.8, 4) is 0 Å². The van der Waals surface area contributed by atoms with Gasteiger partial charge in [0, 0.05) is 12.1 Å². The molecule has 0 spiro atoms. The number of likely N-dealkylation sites (tertiary alicyclic amines) is 1. The fraction of sp³-hybridized carbons (Fsp3) is 0.300. The molecule has 0 bridgehead atoms. The number of hydrogen-bond acceptors (Lipinski definition) is 2. The number of carbonyl (C=O) groups is 1. The maximum atomic E-state index is 12.7. The first-order valence-corrected chi connectivity index (χ1v) is 8.55. The third kappa shape index (κ3) is 2.92. The van der Waals surface area contributed by atoms with Crippen LogP contribution in [0.2, 0.25) is 0 Å². The van der Waals surface area contributed by atoms with Crippen molar-refractivity contribution in [2.24, 2.45) is 0 Å². The number of amidine groups is 1. The molecular formula is C20H21N3O. The van der Waals surface area contributed by atoms with Crippen molar-refractivity contribution in [3.63, 3.8) is 0 Å². The van der Waals surface area contributed by atoms with E-state index >= 15 is 0 Å². The topological polar surface area (TPSA) is 56.2 Å². The molecular weight excluding hydrogens is 298 g/mol. The van der Waals surface area contributed by atoms with E-state index in [0.717, 1.165) is 17.7 Å². The molecule has 1 aliphatic heterocycles. The lowest BCUT2D eigenvalue weighted by molar-refractivity contribution is 0.225. The molecule has 1 saturated heterocycles. The van der Waals surface area contributed by atoms with E-state index in [1.165, 1.54) is 18.4 Å². The molecule has 2 aromatic rings. The normalized spacial score (nSPS) is 20.2. The number of nitrogens with zero attached hydrogens (tertiary/aromatic N) is 1. The van der Waals surface area contributed by atoms with Crippen molar-refractivity contribution in [3.05, 3.63) is 65.7 Å². The van der Waals surface area contributed by atoms with Gasteiger partial charge in [-0.05, 0) is 48.4 Å². The van der Waals surface area contributed by atoms with Crippen molar-refractivity contribution in [1.29, 1.82) is 5.41 Å². The van der Waals surface area contributed by atoms with Crippen LogP contribution in [0.4, 0.5) is 10.5 Å². The summed E-state index contributed by atoms with van der Waals surface area (Å²) < 4.78 is 0. The Kier molecular flexibility index (Phi) is 3.81. The van der Waals surface area contributed by atoms with E-state index in [4.69, 9.17) is 5.41 Å². The average Bonchev–Trinajstić information content (AvgIpc) is 3.38. The first-order chi connectivity index (χ1) is 11.7. The molecule has 1 atom stereocenters. The smallest absolute Gasteiger partial charge is 0.307 e. The first kappa shape index (κ1) is 14.9. The zero-order valence-electron chi connectivity index (χ0n) is 13.5. The Bertz CT molecular complexity index is 750. The number of anilines is 1. The lowest BCUT2D eigenvalue weighted by Crippen LogP contribution is -2.37. The Morgan fingerprint density at radius 1 is 0.958 bits per heavy atom. The maximum Gasteiger partial charge on any atom is 0.327 e. The van der Waals surface area contributed by atoms with Gasteiger partial charge in [0.25, 0.3) is 0 Å². The number of benzene rings is 2. The van der Waals surface area contributed by atoms with E-state index in [1.807, 2.05) is 42.5 Å². The number of rotatable bonds is 3. The highest BCUT2D eigenvalue weighted by molar-refractivity contribution is 6.03. The Morgan fingerprint density at radius 2 is 1.67 bits per heavy atom. The van der Waals surface area contributed by atoms with Crippen LogP contribution in [0.3, 0.4) is 0 Å². The molecule has 122 valence electrons. The summed E-state index contributed by atoms with van der Waals surface area (Å²) in [6.45, 7) is 0. The van der Waals surface area contributed by atoms with Crippen molar-refractivity contribution in [1.82, 2.24) is 4.90 Å². The molecule has 24 heavy (non-hydrogen) atoms. The molecule has 2 aromatic carbocycles. The van der Waals surface area contributed by atoms with Gasteiger partial charge in [0.1, 0.15) is 5.84 Å². The van der Waals surface area contributed by atoms with Crippen LogP contribution in [0, 0.1) is 5.41 Å². The Labute approximate surface area is 142 Å². The van der Waals surface area contributed by atoms with Gasteiger partial charge in [-0.3, -0.25) is 10.3 Å². The predicted molar refractivity (Wildman–Crippen MR) is 95.4 cm³/mol. The van der Waals surface area contributed by atoms with Gasteiger partial charge in [-0.2, -0.15) is 0 Å². The SMILES string of the molecule is N=C1CCC(c2ccccc2)N1C(=O)Nc1ccc(C2CC2)cc1. The number of nitrogens with one attached hydrogen (secondary N) is 2. The molecule has 4 heteroatoms. The van der Waals surface area contributed by atoms with Crippen LogP contribution < -0.4 is 5.32 Å². The van der Waals surface area contributed by atoms with Gasteiger partial charge in [-0.15, -0.1) is 0 Å². The molecule has 1 unspecified atom stereocenters. The predicted octanol–water partition coefficient (Wildman–Crippen LogP) is 4.91. The molecule has 4 nitrogen and oxygen atoms in total. The number of hydrogen-bond donors (Lipinski definition) is 2. The first-order valence-electron chi connectivity index (χ1n) is 8.55. The second-order valence-electron chi connectivity index (χ2n) is 6.61. The van der Waals surface area contributed by atoms with Gasteiger partial charge >= 0.3 is 6.03 Å². The Hall–Kier alpha value is -2.62. The zero-order valence-corrected chi connectivity index (χ0v) is 13.5. The van der Waals surface area contributed by atoms with E-state index in [1.54, 1.807) is 4.90 Å². The molecule has 1 heterocycles. The molecule has 0 aromatic heterocycles. The molecule has 2 fully saturated rings. The lowest BCUT2D eigenvalue weighted by Gasteiger charge is -2.25. The highest BCUT2D eigenvalue weighted by Gasteiger charge is 2.34. The van der Waals surface area contributed by atoms with E-state index in [2.05, 4.69) is 17.4 Å². The summed E-state index contributed by atoms with van der Waals surface area (Å²) in [6, 6.07) is 17.8. The fourth-order valence-electron chi connectivity index (χ4n) is 3.41. The van der Waals surface area contributed by atoms with Crippen LogP contribution in [0.1, 0.15) is 48.8 Å². The van der Waals surface area contributed by atoms with Gasteiger partial charge in [0.15, 0.2) is 0 Å². The molecule has 1 saturated carbocycles. The molecule has 2 N–H and O–H groups in total. The van der Waals surface area contributed by atoms with Crippen molar-refractivity contribution >= 4 is 17.6 Å². The molecule has 0 radical (unpaired) electrons. The molecule has 2 amide bonds. The quantitative estimate of drug-likeness (QED) is 0.829. The molecule has 2 aliphatic rings. The van der Waals surface area contributed by atoms with Crippen LogP contribution >= 0.6 is 0 Å². The summed E-state index contributed by atoms with van der Waals surface area (Å²) in [4.78, 5) is 14.3. The second-order valence-corrected chi connectivity index (χ2v) is 6.61. The minimum atomic E-state index is -0.217. The minimum Gasteiger partial charge on any atom is -0.307 e. The standard InChI is InChI=1S/C20H21N3O/c21-19-13-12-18(16-4-2-1-3-5-16)23(19)20(24)22-17-10-8-15(9-11-17)14-6-7-14/h1-5,8-11,14,18,21H,6-7,12-13H2,(H,22,24). The summed E-state index contributed by atoms with van der Waals surface area (Å²) in [6.07, 6.45) is 3.98. The fourth-order valence-corrected chi connectivity index (χ4v) is 3.41. The number of urea groups is 1. The van der Waals surface area contributed by atoms with E-state index in [-0.39, 0.29) is 12.1 Å². The highest BCUT2D eigenvalue weighted by Crippen LogP contribution is 2.40. The summed E-state index contributed by atoms with van der Waals surface area (Å²) >= 11 is 0. The van der Waals surface area contributed by atoms with Crippen LogP contribution in [0.5, 0.6) is 0 Å². The summed E-state index contributed by atoms with van der Waals surface area (Å²) in [5.41, 5.74) is 3.22. The van der Waals surface area contributed by atoms with Crippen LogP contribution in [0.25, 0.3) is 0 Å². The van der Waals surface area contributed by atoms with Gasteiger partial charge in [0.05, 0.1) is 6.04 Å². The summed E-state index contributed by atoms with van der Waals surface area (Å²) in [5.74, 6) is 1.10. The lowest BCUT2D eigenvalue weighted by atomic mass is 10.1. The largest absolute Gasteiger partial charge is 0.327 e. The molecule has 4 rings (SSSR count). The van der Waals surface area contributed by atoms with E-state index in [0.29, 0.717) is 18.2 Å². The Balaban J connectivity index is 1.50. The van der Waals surface area contributed by atoms with Crippen LogP contribution in [0.15, 0.2) is 54.6 Å². The molecule has 1 aliphatic carbocycles.